The van der Waals surface area contributed by atoms with E-state index in [0.29, 0.717) is 25.2 Å². The fourth-order valence-electron chi connectivity index (χ4n) is 4.39. The minimum absolute atomic E-state index is 0.125. The SMILES string of the molecule is O=C1C2CC3CC1CC(C(=O)OCC(F)(F)SOOO)(C3)C2. The predicted octanol–water partition coefficient (Wildman–Crippen LogP) is 2.59. The molecule has 4 aliphatic carbocycles. The number of ether oxygens (including phenoxy) is 1. The van der Waals surface area contributed by atoms with Crippen LogP contribution in [-0.2, 0) is 23.7 Å². The average Bonchev–Trinajstić information content (AvgIpc) is 2.47. The van der Waals surface area contributed by atoms with Gasteiger partial charge >= 0.3 is 11.2 Å². The predicted molar refractivity (Wildman–Crippen MR) is 69.3 cm³/mol. The van der Waals surface area contributed by atoms with Crippen molar-refractivity contribution in [1.29, 1.82) is 0 Å². The van der Waals surface area contributed by atoms with Gasteiger partial charge in [-0.25, -0.2) is 5.26 Å². The molecule has 0 amide bonds. The maximum absolute atomic E-state index is 13.3. The van der Waals surface area contributed by atoms with Crippen molar-refractivity contribution in [2.24, 2.45) is 23.2 Å². The van der Waals surface area contributed by atoms with Crippen LogP contribution in [0, 0.1) is 23.2 Å². The molecule has 124 valence electrons. The van der Waals surface area contributed by atoms with E-state index in [1.54, 1.807) is 0 Å². The molecular formula is C13H16F2O6S. The Morgan fingerprint density at radius 1 is 1.32 bits per heavy atom. The summed E-state index contributed by atoms with van der Waals surface area (Å²) in [6, 6.07) is 0. The Bertz CT molecular complexity index is 467. The monoisotopic (exact) mass is 338 g/mol. The molecule has 4 rings (SSSR count). The number of halogens is 2. The summed E-state index contributed by atoms with van der Waals surface area (Å²) >= 11 is -0.439. The Morgan fingerprint density at radius 3 is 2.55 bits per heavy atom. The summed E-state index contributed by atoms with van der Waals surface area (Å²) in [7, 11) is 0. The molecule has 0 radical (unpaired) electrons. The first-order valence-electron chi connectivity index (χ1n) is 7.10. The third-order valence-corrected chi connectivity index (χ3v) is 5.48. The Hall–Kier alpha value is -0.770. The van der Waals surface area contributed by atoms with Gasteiger partial charge in [-0.2, -0.15) is 8.78 Å². The molecule has 6 nitrogen and oxygen atoms in total. The molecule has 22 heavy (non-hydrogen) atoms. The molecule has 4 aliphatic rings. The lowest BCUT2D eigenvalue weighted by atomic mass is 9.49. The number of hydrogen-bond acceptors (Lipinski definition) is 7. The van der Waals surface area contributed by atoms with Gasteiger partial charge in [0.05, 0.1) is 5.41 Å². The van der Waals surface area contributed by atoms with Gasteiger partial charge < -0.3 is 4.74 Å². The van der Waals surface area contributed by atoms with Crippen LogP contribution in [0.5, 0.6) is 0 Å². The molecule has 0 heterocycles. The highest BCUT2D eigenvalue weighted by Gasteiger charge is 2.59. The molecule has 0 saturated heterocycles. The Kier molecular flexibility index (Phi) is 4.17. The summed E-state index contributed by atoms with van der Waals surface area (Å²) in [4.78, 5) is 24.4. The van der Waals surface area contributed by atoms with Crippen LogP contribution in [-0.4, -0.2) is 28.9 Å². The maximum Gasteiger partial charge on any atom is 0.354 e. The lowest BCUT2D eigenvalue weighted by Crippen LogP contribution is -2.55. The van der Waals surface area contributed by atoms with Gasteiger partial charge in [0.2, 0.25) is 0 Å². The fraction of sp³-hybridized carbons (Fsp3) is 0.846. The first-order valence-corrected chi connectivity index (χ1v) is 7.84. The molecule has 0 aromatic heterocycles. The zero-order valence-electron chi connectivity index (χ0n) is 11.6. The number of Topliss-reactive ketones (excluding diaryl/α,β-unsaturated/α-hetero) is 1. The van der Waals surface area contributed by atoms with Gasteiger partial charge in [0.15, 0.2) is 6.61 Å². The molecule has 4 fully saturated rings. The summed E-state index contributed by atoms with van der Waals surface area (Å²) in [6.45, 7) is -1.17. The quantitative estimate of drug-likeness (QED) is 0.345. The van der Waals surface area contributed by atoms with E-state index in [4.69, 9.17) is 9.99 Å². The minimum Gasteiger partial charge on any atom is -0.458 e. The minimum atomic E-state index is -3.53. The lowest BCUT2D eigenvalue weighted by molar-refractivity contribution is -0.433. The van der Waals surface area contributed by atoms with Crippen LogP contribution in [0.15, 0.2) is 0 Å². The first-order chi connectivity index (χ1) is 10.4. The smallest absolute Gasteiger partial charge is 0.354 e. The Balaban J connectivity index is 1.62. The summed E-state index contributed by atoms with van der Waals surface area (Å²) in [5.41, 5.74) is -0.792. The molecule has 0 aromatic rings. The van der Waals surface area contributed by atoms with Gasteiger partial charge in [0, 0.05) is 11.8 Å². The van der Waals surface area contributed by atoms with Gasteiger partial charge in [0.1, 0.15) is 17.8 Å². The average molecular weight is 338 g/mol. The van der Waals surface area contributed by atoms with Gasteiger partial charge in [-0.15, -0.1) is 4.33 Å². The van der Waals surface area contributed by atoms with E-state index in [0.717, 1.165) is 12.8 Å². The third-order valence-electron chi connectivity index (χ3n) is 4.98. The summed E-state index contributed by atoms with van der Waals surface area (Å²) < 4.78 is 35.1. The molecule has 2 atom stereocenters. The number of rotatable bonds is 6. The number of hydrogen-bond donors (Lipinski definition) is 1. The van der Waals surface area contributed by atoms with E-state index in [-0.39, 0.29) is 17.6 Å². The second kappa shape index (κ2) is 5.70. The van der Waals surface area contributed by atoms with Gasteiger partial charge in [0.25, 0.3) is 0 Å². The van der Waals surface area contributed by atoms with Crippen molar-refractivity contribution in [3.8, 4) is 0 Å². The zero-order valence-corrected chi connectivity index (χ0v) is 12.4. The van der Waals surface area contributed by atoms with Crippen LogP contribution in [0.4, 0.5) is 8.78 Å². The number of carbonyl (C=O) groups is 2. The van der Waals surface area contributed by atoms with Crippen molar-refractivity contribution in [3.05, 3.63) is 0 Å². The fourth-order valence-corrected chi connectivity index (χ4v) is 4.63. The molecule has 9 heteroatoms. The molecule has 0 aromatic carbocycles. The van der Waals surface area contributed by atoms with Crippen LogP contribution in [0.25, 0.3) is 0 Å². The van der Waals surface area contributed by atoms with Crippen molar-refractivity contribution in [1.82, 2.24) is 0 Å². The van der Waals surface area contributed by atoms with Crippen LogP contribution in [0.2, 0.25) is 0 Å². The number of ketones is 1. The standard InChI is InChI=1S/C13H16F2O6S/c14-13(15,22-21-20-18)6-19-11(17)12-3-7-1-8(4-12)10(16)9(2-7)5-12/h7-9,18H,1-6H2. The molecule has 0 spiro atoms. The van der Waals surface area contributed by atoms with E-state index in [1.165, 1.54) is 0 Å². The Labute approximate surface area is 129 Å². The van der Waals surface area contributed by atoms with Crippen LogP contribution < -0.4 is 0 Å². The van der Waals surface area contributed by atoms with Gasteiger partial charge in [-0.1, -0.05) is 5.04 Å². The normalized spacial score (nSPS) is 36.7. The second-order valence-electron chi connectivity index (χ2n) is 6.47. The van der Waals surface area contributed by atoms with E-state index in [2.05, 4.69) is 9.37 Å². The summed E-state index contributed by atoms with van der Waals surface area (Å²) in [6.07, 6.45) is 3.04. The van der Waals surface area contributed by atoms with E-state index in [1.807, 2.05) is 0 Å². The summed E-state index contributed by atoms with van der Waals surface area (Å²) in [5.74, 6) is -0.387. The number of alkyl halides is 2. The lowest BCUT2D eigenvalue weighted by Gasteiger charge is -2.53. The van der Waals surface area contributed by atoms with Crippen molar-refractivity contribution in [2.75, 3.05) is 6.61 Å². The zero-order chi connectivity index (χ0) is 16.0. The number of esters is 1. The molecule has 1 N–H and O–H groups in total. The highest BCUT2D eigenvalue weighted by molar-refractivity contribution is 7.95. The van der Waals surface area contributed by atoms with Crippen LogP contribution >= 0.6 is 12.0 Å². The van der Waals surface area contributed by atoms with E-state index in [9.17, 15) is 18.4 Å². The molecule has 0 aliphatic heterocycles. The molecule has 4 bridgehead atoms. The van der Waals surface area contributed by atoms with Crippen LogP contribution in [0.1, 0.15) is 32.1 Å². The largest absolute Gasteiger partial charge is 0.458 e. The van der Waals surface area contributed by atoms with Crippen molar-refractivity contribution >= 4 is 23.8 Å². The first kappa shape index (κ1) is 16.1. The van der Waals surface area contributed by atoms with Gasteiger partial charge in [-0.3, -0.25) is 9.59 Å². The van der Waals surface area contributed by atoms with E-state index < -0.39 is 35.3 Å². The topological polar surface area (TPSA) is 82.1 Å². The second-order valence-corrected chi connectivity index (χ2v) is 7.37. The Morgan fingerprint density at radius 2 is 1.95 bits per heavy atom. The van der Waals surface area contributed by atoms with E-state index >= 15 is 0 Å². The molecule has 4 saturated carbocycles. The maximum atomic E-state index is 13.3. The number of carbonyl (C=O) groups excluding carboxylic acids is 2. The third kappa shape index (κ3) is 2.86. The molecule has 2 unspecified atom stereocenters. The van der Waals surface area contributed by atoms with Crippen LogP contribution in [0.3, 0.4) is 0 Å². The van der Waals surface area contributed by atoms with Crippen molar-refractivity contribution in [3.63, 3.8) is 0 Å². The van der Waals surface area contributed by atoms with Gasteiger partial charge in [-0.05, 0) is 38.0 Å². The van der Waals surface area contributed by atoms with Crippen molar-refractivity contribution in [2.45, 2.75) is 37.4 Å². The highest BCUT2D eigenvalue weighted by atomic mass is 32.2. The molecular weight excluding hydrogens is 322 g/mol. The van der Waals surface area contributed by atoms with Crippen molar-refractivity contribution < 1.29 is 37.7 Å². The highest BCUT2D eigenvalue weighted by Crippen LogP contribution is 2.59. The summed E-state index contributed by atoms with van der Waals surface area (Å²) in [5, 5.41) is 7.44.